The highest BCUT2D eigenvalue weighted by Crippen LogP contribution is 2.30. The van der Waals surface area contributed by atoms with E-state index in [2.05, 4.69) is 20.3 Å². The van der Waals surface area contributed by atoms with Crippen LogP contribution in [0.3, 0.4) is 0 Å². The molecule has 3 N–H and O–H groups in total. The predicted octanol–water partition coefficient (Wildman–Crippen LogP) is 4.93. The molecule has 2 aromatic carbocycles. The van der Waals surface area contributed by atoms with E-state index in [1.165, 1.54) is 11.3 Å². The maximum atomic E-state index is 13.0. The number of aromatic nitrogens is 1. The Labute approximate surface area is 190 Å². The molecule has 0 bridgehead atoms. The Morgan fingerprint density at radius 2 is 1.72 bits per heavy atom. The second-order valence-electron chi connectivity index (χ2n) is 6.86. The van der Waals surface area contributed by atoms with Crippen LogP contribution in [0.5, 0.6) is 0 Å². The maximum Gasteiger partial charge on any atom is 0.319 e. The van der Waals surface area contributed by atoms with Gasteiger partial charge in [-0.05, 0) is 64.4 Å². The third-order valence-electron chi connectivity index (χ3n) is 4.58. The summed E-state index contributed by atoms with van der Waals surface area (Å²) < 4.78 is 28.6. The van der Waals surface area contributed by atoms with Crippen LogP contribution in [0.15, 0.2) is 94.8 Å². The van der Waals surface area contributed by atoms with Crippen LogP contribution in [-0.4, -0.2) is 19.4 Å². The number of nitrogens with one attached hydrogen (secondary N) is 3. The molecule has 0 unspecified atom stereocenters. The summed E-state index contributed by atoms with van der Waals surface area (Å²) in [5.74, 6) is 0. The molecule has 4 aromatic rings. The van der Waals surface area contributed by atoms with Gasteiger partial charge in [-0.25, -0.2) is 13.2 Å². The quantitative estimate of drug-likeness (QED) is 0.361. The van der Waals surface area contributed by atoms with Crippen LogP contribution in [0.4, 0.5) is 16.2 Å². The van der Waals surface area contributed by atoms with Crippen LogP contribution in [0.25, 0.3) is 11.1 Å². The number of nitrogens with zero attached hydrogens (tertiary/aromatic N) is 1. The fourth-order valence-electron chi connectivity index (χ4n) is 3.05. The molecule has 0 spiro atoms. The van der Waals surface area contributed by atoms with Gasteiger partial charge in [-0.15, -0.1) is 0 Å². The van der Waals surface area contributed by atoms with Crippen molar-refractivity contribution >= 4 is 38.8 Å². The number of thiophene rings is 1. The minimum Gasteiger partial charge on any atom is -0.334 e. The number of amides is 2. The lowest BCUT2D eigenvalue weighted by molar-refractivity contribution is 0.251. The van der Waals surface area contributed by atoms with Crippen molar-refractivity contribution in [1.29, 1.82) is 0 Å². The van der Waals surface area contributed by atoms with Crippen molar-refractivity contribution < 1.29 is 13.2 Å². The Morgan fingerprint density at radius 3 is 2.44 bits per heavy atom. The molecule has 0 aliphatic carbocycles. The number of hydrogen-bond acceptors (Lipinski definition) is 5. The van der Waals surface area contributed by atoms with E-state index in [1.807, 2.05) is 29.0 Å². The molecule has 0 radical (unpaired) electrons. The van der Waals surface area contributed by atoms with Gasteiger partial charge in [0.25, 0.3) is 10.0 Å². The average Bonchev–Trinajstić information content (AvgIpc) is 3.35. The SMILES string of the molecule is O=C(NCc1cccnc1)Nc1ccc(NS(=O)(=O)c2ccccc2-c2ccsc2)cc1. The summed E-state index contributed by atoms with van der Waals surface area (Å²) in [6, 6.07) is 18.5. The van der Waals surface area contributed by atoms with Gasteiger partial charge in [0.15, 0.2) is 0 Å². The van der Waals surface area contributed by atoms with E-state index in [-0.39, 0.29) is 10.9 Å². The zero-order valence-corrected chi connectivity index (χ0v) is 18.5. The molecule has 7 nitrogen and oxygen atoms in total. The molecule has 2 amide bonds. The lowest BCUT2D eigenvalue weighted by Gasteiger charge is -2.12. The molecule has 0 aliphatic heterocycles. The number of carbonyl (C=O) groups is 1. The largest absolute Gasteiger partial charge is 0.334 e. The highest BCUT2D eigenvalue weighted by atomic mass is 32.2. The summed E-state index contributed by atoms with van der Waals surface area (Å²) in [6.07, 6.45) is 3.35. The highest BCUT2D eigenvalue weighted by Gasteiger charge is 2.19. The Hall–Kier alpha value is -3.69. The number of carbonyl (C=O) groups excluding carboxylic acids is 1. The zero-order chi connectivity index (χ0) is 22.4. The summed E-state index contributed by atoms with van der Waals surface area (Å²) in [4.78, 5) is 16.3. The number of benzene rings is 2. The molecule has 9 heteroatoms. The van der Waals surface area contributed by atoms with Crippen molar-refractivity contribution in [3.05, 3.63) is 95.4 Å². The van der Waals surface area contributed by atoms with Crippen molar-refractivity contribution in [3.63, 3.8) is 0 Å². The summed E-state index contributed by atoms with van der Waals surface area (Å²) in [7, 11) is -3.80. The van der Waals surface area contributed by atoms with Crippen LogP contribution in [0.2, 0.25) is 0 Å². The molecule has 0 atom stereocenters. The van der Waals surface area contributed by atoms with Gasteiger partial charge in [-0.2, -0.15) is 11.3 Å². The minimum absolute atomic E-state index is 0.204. The van der Waals surface area contributed by atoms with Gasteiger partial charge in [-0.1, -0.05) is 24.3 Å². The maximum absolute atomic E-state index is 13.0. The van der Waals surface area contributed by atoms with Gasteiger partial charge in [0, 0.05) is 35.9 Å². The molecule has 162 valence electrons. The van der Waals surface area contributed by atoms with E-state index >= 15 is 0 Å². The minimum atomic E-state index is -3.80. The first-order valence-corrected chi connectivity index (χ1v) is 12.1. The van der Waals surface area contributed by atoms with Crippen LogP contribution in [0.1, 0.15) is 5.56 Å². The van der Waals surface area contributed by atoms with Gasteiger partial charge in [0.05, 0.1) is 4.90 Å². The number of anilines is 2. The van der Waals surface area contributed by atoms with Crippen molar-refractivity contribution in [3.8, 4) is 11.1 Å². The monoisotopic (exact) mass is 464 g/mol. The lowest BCUT2D eigenvalue weighted by atomic mass is 10.1. The summed E-state index contributed by atoms with van der Waals surface area (Å²) in [5.41, 5.74) is 3.31. The molecule has 0 fully saturated rings. The van der Waals surface area contributed by atoms with Gasteiger partial charge < -0.3 is 10.6 Å². The Kier molecular flexibility index (Phi) is 6.48. The molecule has 0 aliphatic rings. The normalized spacial score (nSPS) is 11.0. The van der Waals surface area contributed by atoms with E-state index < -0.39 is 10.0 Å². The fourth-order valence-corrected chi connectivity index (χ4v) is 4.99. The smallest absolute Gasteiger partial charge is 0.319 e. The topological polar surface area (TPSA) is 100 Å². The van der Waals surface area contributed by atoms with Crippen molar-refractivity contribution in [2.24, 2.45) is 0 Å². The molecule has 2 aromatic heterocycles. The molecule has 4 rings (SSSR count). The van der Waals surface area contributed by atoms with Gasteiger partial charge in [0.2, 0.25) is 0 Å². The van der Waals surface area contributed by atoms with E-state index in [0.29, 0.717) is 23.5 Å². The predicted molar refractivity (Wildman–Crippen MR) is 127 cm³/mol. The second-order valence-corrected chi connectivity index (χ2v) is 9.29. The number of hydrogen-bond donors (Lipinski definition) is 3. The van der Waals surface area contributed by atoms with Crippen LogP contribution in [0, 0.1) is 0 Å². The van der Waals surface area contributed by atoms with E-state index in [0.717, 1.165) is 11.1 Å². The van der Waals surface area contributed by atoms with E-state index in [4.69, 9.17) is 0 Å². The number of urea groups is 1. The Morgan fingerprint density at radius 1 is 0.938 bits per heavy atom. The van der Waals surface area contributed by atoms with Crippen molar-refractivity contribution in [2.45, 2.75) is 11.4 Å². The second kappa shape index (κ2) is 9.63. The van der Waals surface area contributed by atoms with E-state index in [9.17, 15) is 13.2 Å². The Bertz CT molecular complexity index is 1290. The first-order chi connectivity index (χ1) is 15.5. The standard InChI is InChI=1S/C23H20N4O3S2/c28-23(25-15-17-4-3-12-24-14-17)26-19-7-9-20(10-8-19)27-32(29,30)22-6-2-1-5-21(22)18-11-13-31-16-18/h1-14,16,27H,15H2,(H2,25,26,28). The van der Waals surface area contributed by atoms with Gasteiger partial charge in [0.1, 0.15) is 0 Å². The first-order valence-electron chi connectivity index (χ1n) is 9.69. The number of pyridine rings is 1. The molecule has 0 saturated carbocycles. The van der Waals surface area contributed by atoms with Crippen LogP contribution in [-0.2, 0) is 16.6 Å². The average molecular weight is 465 g/mol. The number of sulfonamides is 1. The highest BCUT2D eigenvalue weighted by molar-refractivity contribution is 7.92. The first kappa shape index (κ1) is 21.5. The molecular weight excluding hydrogens is 444 g/mol. The third-order valence-corrected chi connectivity index (χ3v) is 6.70. The fraction of sp³-hybridized carbons (Fsp3) is 0.0435. The summed E-state index contributed by atoms with van der Waals surface area (Å²) >= 11 is 1.51. The van der Waals surface area contributed by atoms with E-state index in [1.54, 1.807) is 60.9 Å². The van der Waals surface area contributed by atoms with Crippen LogP contribution < -0.4 is 15.4 Å². The van der Waals surface area contributed by atoms with Crippen molar-refractivity contribution in [1.82, 2.24) is 10.3 Å². The van der Waals surface area contributed by atoms with Crippen LogP contribution >= 0.6 is 11.3 Å². The molecular formula is C23H20N4O3S2. The molecule has 32 heavy (non-hydrogen) atoms. The number of rotatable bonds is 7. The summed E-state index contributed by atoms with van der Waals surface area (Å²) in [6.45, 7) is 0.348. The van der Waals surface area contributed by atoms with Gasteiger partial charge >= 0.3 is 6.03 Å². The molecule has 0 saturated heterocycles. The third kappa shape index (κ3) is 5.32. The lowest BCUT2D eigenvalue weighted by Crippen LogP contribution is -2.28. The zero-order valence-electron chi connectivity index (χ0n) is 16.9. The van der Waals surface area contributed by atoms with Gasteiger partial charge in [-0.3, -0.25) is 9.71 Å². The molecule has 2 heterocycles. The Balaban J connectivity index is 1.41. The summed E-state index contributed by atoms with van der Waals surface area (Å²) in [5, 5.41) is 9.27. The van der Waals surface area contributed by atoms with Crippen molar-refractivity contribution in [2.75, 3.05) is 10.0 Å².